The molecule has 4 atom stereocenters. The number of methoxy groups -OCH3 is 1. The lowest BCUT2D eigenvalue weighted by Crippen LogP contribution is -2.47. The number of aliphatic carboxylic acids is 1. The maximum absolute atomic E-state index is 13.5. The van der Waals surface area contributed by atoms with Crippen LogP contribution in [0.15, 0.2) is 42.6 Å². The van der Waals surface area contributed by atoms with Crippen LogP contribution < -0.4 is 4.74 Å². The van der Waals surface area contributed by atoms with Gasteiger partial charge in [0.2, 0.25) is 5.88 Å². The molecule has 1 N–H and O–H groups in total. The molecule has 0 spiro atoms. The van der Waals surface area contributed by atoms with E-state index in [0.717, 1.165) is 24.0 Å². The van der Waals surface area contributed by atoms with Gasteiger partial charge in [-0.1, -0.05) is 57.5 Å². The first-order valence-corrected chi connectivity index (χ1v) is 13.4. The van der Waals surface area contributed by atoms with Crippen molar-refractivity contribution in [2.24, 2.45) is 11.3 Å². The number of benzene rings is 1. The van der Waals surface area contributed by atoms with Gasteiger partial charge >= 0.3 is 12.1 Å². The van der Waals surface area contributed by atoms with E-state index in [4.69, 9.17) is 14.2 Å². The largest absolute Gasteiger partial charge is 0.481 e. The number of rotatable bonds is 8. The second kappa shape index (κ2) is 11.3. The Labute approximate surface area is 225 Å². The van der Waals surface area contributed by atoms with Gasteiger partial charge in [0, 0.05) is 17.7 Å². The van der Waals surface area contributed by atoms with E-state index in [-0.39, 0.29) is 6.61 Å². The fraction of sp³-hybridized carbons (Fsp3) is 0.567. The Hall–Kier alpha value is -3.13. The molecule has 2 heterocycles. The van der Waals surface area contributed by atoms with E-state index in [1.807, 2.05) is 57.3 Å². The molecule has 206 valence electrons. The van der Waals surface area contributed by atoms with E-state index in [1.165, 1.54) is 16.9 Å². The molecule has 2 aromatic rings. The highest BCUT2D eigenvalue weighted by molar-refractivity contribution is 5.82. The molecule has 0 bridgehead atoms. The van der Waals surface area contributed by atoms with Crippen LogP contribution in [-0.2, 0) is 20.9 Å². The number of amides is 1. The maximum atomic E-state index is 13.5. The van der Waals surface area contributed by atoms with Crippen molar-refractivity contribution in [2.45, 2.75) is 90.7 Å². The lowest BCUT2D eigenvalue weighted by Gasteiger charge is -2.35. The summed E-state index contributed by atoms with van der Waals surface area (Å²) in [4.78, 5) is 32.1. The third kappa shape index (κ3) is 5.65. The van der Waals surface area contributed by atoms with Crippen molar-refractivity contribution in [2.75, 3.05) is 7.11 Å². The van der Waals surface area contributed by atoms with E-state index in [9.17, 15) is 14.7 Å². The zero-order valence-corrected chi connectivity index (χ0v) is 23.2. The SMILES string of the molecule is COc1ncc(C2CCC2)cc1CO[C@H]1[C@H](C(C)(C)C)[C@@H](C(=O)O)N(C(=O)OC(C)C)[C@H]1c1ccccc1. The van der Waals surface area contributed by atoms with Gasteiger partial charge in [-0.05, 0) is 55.2 Å². The molecule has 2 aliphatic rings. The Morgan fingerprint density at radius 1 is 1.13 bits per heavy atom. The molecule has 8 nitrogen and oxygen atoms in total. The Balaban J connectivity index is 1.77. The maximum Gasteiger partial charge on any atom is 0.411 e. The molecule has 38 heavy (non-hydrogen) atoms. The van der Waals surface area contributed by atoms with Crippen LogP contribution in [0.3, 0.4) is 0 Å². The number of carbonyl (C=O) groups excluding carboxylic acids is 1. The molecule has 8 heteroatoms. The molecule has 1 saturated heterocycles. The monoisotopic (exact) mass is 524 g/mol. The molecular formula is C30H40N2O6. The summed E-state index contributed by atoms with van der Waals surface area (Å²) in [5.74, 6) is -0.612. The second-order valence-electron chi connectivity index (χ2n) is 11.7. The van der Waals surface area contributed by atoms with Gasteiger partial charge in [0.25, 0.3) is 0 Å². The highest BCUT2D eigenvalue weighted by Crippen LogP contribution is 2.50. The Bertz CT molecular complexity index is 1130. The number of hydrogen-bond donors (Lipinski definition) is 1. The first-order valence-electron chi connectivity index (χ1n) is 13.4. The molecule has 1 aromatic carbocycles. The van der Waals surface area contributed by atoms with Gasteiger partial charge in [-0.3, -0.25) is 4.90 Å². The summed E-state index contributed by atoms with van der Waals surface area (Å²) in [6.45, 7) is 9.65. The third-order valence-corrected chi connectivity index (χ3v) is 7.69. The first-order chi connectivity index (χ1) is 18.0. The van der Waals surface area contributed by atoms with Crippen LogP contribution in [0.2, 0.25) is 0 Å². The molecular weight excluding hydrogens is 484 g/mol. The van der Waals surface area contributed by atoms with Crippen LogP contribution in [0.1, 0.15) is 82.5 Å². The van der Waals surface area contributed by atoms with Gasteiger partial charge in [0.15, 0.2) is 0 Å². The molecule has 2 fully saturated rings. The minimum Gasteiger partial charge on any atom is -0.481 e. The Morgan fingerprint density at radius 2 is 1.82 bits per heavy atom. The predicted molar refractivity (Wildman–Crippen MR) is 143 cm³/mol. The summed E-state index contributed by atoms with van der Waals surface area (Å²) in [6.07, 6.45) is 3.71. The number of hydrogen-bond acceptors (Lipinski definition) is 6. The van der Waals surface area contributed by atoms with Crippen molar-refractivity contribution in [1.82, 2.24) is 9.88 Å². The highest BCUT2D eigenvalue weighted by Gasteiger charge is 2.59. The first kappa shape index (κ1) is 27.9. The molecule has 1 saturated carbocycles. The number of carbonyl (C=O) groups is 2. The van der Waals surface area contributed by atoms with Gasteiger partial charge in [0.1, 0.15) is 6.04 Å². The summed E-state index contributed by atoms with van der Waals surface area (Å²) in [6, 6.07) is 9.78. The van der Waals surface area contributed by atoms with Crippen LogP contribution in [0.5, 0.6) is 5.88 Å². The fourth-order valence-corrected chi connectivity index (χ4v) is 5.76. The number of carboxylic acids is 1. The standard InChI is InChI=1S/C30H40N2O6/c1-18(2)38-29(35)32-24(20-11-8-7-9-12-20)26(23(30(3,4)5)25(32)28(33)34)37-17-22-15-21(19-13-10-14-19)16-31-27(22)36-6/h7-9,11-12,15-16,18-19,23-26H,10,13-14,17H2,1-6H3,(H,33,34)/t23-,24+,25+,26+/m1/s1. The van der Waals surface area contributed by atoms with Crippen LogP contribution in [0, 0.1) is 11.3 Å². The predicted octanol–water partition coefficient (Wildman–Crippen LogP) is 5.96. The molecule has 1 aromatic heterocycles. The quantitative estimate of drug-likeness (QED) is 0.455. The molecule has 1 aliphatic carbocycles. The number of nitrogens with zero attached hydrogens (tertiary/aromatic N) is 2. The van der Waals surface area contributed by atoms with Gasteiger partial charge in [-0.15, -0.1) is 0 Å². The van der Waals surface area contributed by atoms with Crippen LogP contribution in [-0.4, -0.2) is 52.4 Å². The number of aromatic nitrogens is 1. The molecule has 0 radical (unpaired) electrons. The van der Waals surface area contributed by atoms with Gasteiger partial charge in [-0.2, -0.15) is 0 Å². The average molecular weight is 525 g/mol. The van der Waals surface area contributed by atoms with Crippen LogP contribution in [0.4, 0.5) is 4.79 Å². The van der Waals surface area contributed by atoms with Crippen LogP contribution >= 0.6 is 0 Å². The number of likely N-dealkylation sites (tertiary alicyclic amines) is 1. The minimum absolute atomic E-state index is 0.177. The minimum atomic E-state index is -1.13. The van der Waals surface area contributed by atoms with Crippen molar-refractivity contribution in [3.05, 3.63) is 59.3 Å². The summed E-state index contributed by atoms with van der Waals surface area (Å²) >= 11 is 0. The van der Waals surface area contributed by atoms with Gasteiger partial charge in [-0.25, -0.2) is 14.6 Å². The lowest BCUT2D eigenvalue weighted by atomic mass is 9.73. The zero-order valence-electron chi connectivity index (χ0n) is 23.2. The molecule has 0 unspecified atom stereocenters. The van der Waals surface area contributed by atoms with E-state index >= 15 is 0 Å². The number of carboxylic acid groups (broad SMARTS) is 1. The normalized spacial score (nSPS) is 23.8. The van der Waals surface area contributed by atoms with E-state index in [0.29, 0.717) is 11.8 Å². The fourth-order valence-electron chi connectivity index (χ4n) is 5.76. The van der Waals surface area contributed by atoms with Crippen molar-refractivity contribution in [3.8, 4) is 5.88 Å². The topological polar surface area (TPSA) is 98.2 Å². The molecule has 1 amide bonds. The highest BCUT2D eigenvalue weighted by atomic mass is 16.6. The van der Waals surface area contributed by atoms with Crippen molar-refractivity contribution < 1.29 is 28.9 Å². The zero-order chi connectivity index (χ0) is 27.6. The van der Waals surface area contributed by atoms with Crippen molar-refractivity contribution >= 4 is 12.1 Å². The van der Waals surface area contributed by atoms with Gasteiger partial charge in [0.05, 0.1) is 32.0 Å². The summed E-state index contributed by atoms with van der Waals surface area (Å²) < 4.78 is 17.8. The van der Waals surface area contributed by atoms with E-state index in [1.54, 1.807) is 21.0 Å². The lowest BCUT2D eigenvalue weighted by molar-refractivity contribution is -0.145. The van der Waals surface area contributed by atoms with E-state index in [2.05, 4.69) is 11.1 Å². The smallest absolute Gasteiger partial charge is 0.411 e. The average Bonchev–Trinajstić information content (AvgIpc) is 3.18. The Morgan fingerprint density at radius 3 is 2.34 bits per heavy atom. The summed E-state index contributed by atoms with van der Waals surface area (Å²) in [7, 11) is 1.58. The molecule has 1 aliphatic heterocycles. The second-order valence-corrected chi connectivity index (χ2v) is 11.7. The summed E-state index contributed by atoms with van der Waals surface area (Å²) in [5, 5.41) is 10.4. The molecule has 4 rings (SSSR count). The number of pyridine rings is 1. The summed E-state index contributed by atoms with van der Waals surface area (Å²) in [5.41, 5.74) is 2.28. The van der Waals surface area contributed by atoms with E-state index < -0.39 is 47.7 Å². The Kier molecular flexibility index (Phi) is 8.31. The van der Waals surface area contributed by atoms with Crippen LogP contribution in [0.25, 0.3) is 0 Å². The number of ether oxygens (including phenoxy) is 3. The van der Waals surface area contributed by atoms with Gasteiger partial charge < -0.3 is 19.3 Å². The van der Waals surface area contributed by atoms with Crippen molar-refractivity contribution in [3.63, 3.8) is 0 Å². The third-order valence-electron chi connectivity index (χ3n) is 7.69. The van der Waals surface area contributed by atoms with Crippen molar-refractivity contribution in [1.29, 1.82) is 0 Å².